The zero-order chi connectivity index (χ0) is 25.1. The summed E-state index contributed by atoms with van der Waals surface area (Å²) >= 11 is 0. The third kappa shape index (κ3) is 3.24. The van der Waals surface area contributed by atoms with Crippen LogP contribution >= 0.6 is 0 Å². The van der Waals surface area contributed by atoms with Crippen LogP contribution in [0.4, 0.5) is 11.4 Å². The van der Waals surface area contributed by atoms with Crippen molar-refractivity contribution in [2.45, 2.75) is 26.4 Å². The number of hydrogen-bond donors (Lipinski definition) is 0. The quantitative estimate of drug-likeness (QED) is 0.327. The molecule has 0 fully saturated rings. The van der Waals surface area contributed by atoms with Crippen molar-refractivity contribution in [1.82, 2.24) is 9.55 Å². The van der Waals surface area contributed by atoms with Gasteiger partial charge in [0.2, 0.25) is 6.17 Å². The first-order valence-corrected chi connectivity index (χ1v) is 11.6. The van der Waals surface area contributed by atoms with Gasteiger partial charge in [0.25, 0.3) is 17.2 Å². The Balaban J connectivity index is 1.67. The number of nitro benzene ring substituents is 1. The summed E-state index contributed by atoms with van der Waals surface area (Å²) < 4.78 is 1.34. The number of benzene rings is 3. The molecule has 3 heterocycles. The lowest BCUT2D eigenvalue weighted by Gasteiger charge is -2.22. The molecule has 4 aromatic rings. The lowest BCUT2D eigenvalue weighted by atomic mass is 9.97. The molecule has 2 aliphatic rings. The first kappa shape index (κ1) is 21.8. The number of fused-ring (bicyclic) bond motifs is 1. The van der Waals surface area contributed by atoms with Crippen LogP contribution in [-0.2, 0) is 11.2 Å². The molecule has 1 aromatic heterocycles. The van der Waals surface area contributed by atoms with Crippen LogP contribution in [0.2, 0.25) is 0 Å². The van der Waals surface area contributed by atoms with Crippen LogP contribution < -0.4 is 10.5 Å². The Kier molecular flexibility index (Phi) is 4.82. The topological polar surface area (TPSA) is 111 Å². The summed E-state index contributed by atoms with van der Waals surface area (Å²) in [6, 6.07) is 17.6. The van der Waals surface area contributed by atoms with E-state index in [1.807, 2.05) is 43.3 Å². The normalized spacial score (nSPS) is 16.6. The molecule has 178 valence electrons. The van der Waals surface area contributed by atoms with E-state index in [4.69, 9.17) is 4.99 Å². The van der Waals surface area contributed by atoms with Crippen molar-refractivity contribution < 1.29 is 9.72 Å². The summed E-state index contributed by atoms with van der Waals surface area (Å²) in [5.74, 6) is -0.00370. The van der Waals surface area contributed by atoms with Gasteiger partial charge in [-0.05, 0) is 38.0 Å². The van der Waals surface area contributed by atoms with E-state index < -0.39 is 11.1 Å². The molecule has 1 atom stereocenters. The number of anilines is 1. The SMILES string of the molecule is Cc1ccc2nc(C)n(C3N=C(c4ccccc4)c4cc([N+](=O)[O-])cc5c4N(CC5)C3=O)c(=O)c2c1. The van der Waals surface area contributed by atoms with Gasteiger partial charge in [0.05, 0.1) is 27.2 Å². The molecular formula is C27H21N5O4. The summed E-state index contributed by atoms with van der Waals surface area (Å²) in [4.78, 5) is 50.0. The van der Waals surface area contributed by atoms with Crippen LogP contribution in [0.15, 0.2) is 70.5 Å². The minimum Gasteiger partial charge on any atom is -0.308 e. The van der Waals surface area contributed by atoms with Crippen LogP contribution in [0.1, 0.15) is 34.2 Å². The highest BCUT2D eigenvalue weighted by Gasteiger charge is 2.39. The highest BCUT2D eigenvalue weighted by atomic mass is 16.6. The van der Waals surface area contributed by atoms with Crippen molar-refractivity contribution in [3.8, 4) is 0 Å². The van der Waals surface area contributed by atoms with Gasteiger partial charge in [-0.1, -0.05) is 42.0 Å². The second kappa shape index (κ2) is 7.94. The standard InChI is InChI=1S/C27H21N5O4/c1-15-8-9-22-20(12-15)26(33)31(16(2)28-22)25-27(34)30-11-10-18-13-19(32(35)36)14-21(24(18)30)23(29-25)17-6-4-3-5-7-17/h3-9,12-14,25H,10-11H2,1-2H3. The first-order valence-electron chi connectivity index (χ1n) is 11.6. The Labute approximate surface area is 205 Å². The van der Waals surface area contributed by atoms with Crippen molar-refractivity contribution in [2.75, 3.05) is 11.4 Å². The summed E-state index contributed by atoms with van der Waals surface area (Å²) in [7, 11) is 0. The zero-order valence-corrected chi connectivity index (χ0v) is 19.6. The van der Waals surface area contributed by atoms with Crippen LogP contribution in [0.25, 0.3) is 10.9 Å². The number of hydrogen-bond acceptors (Lipinski definition) is 6. The van der Waals surface area contributed by atoms with E-state index in [-0.39, 0.29) is 17.2 Å². The lowest BCUT2D eigenvalue weighted by molar-refractivity contribution is -0.384. The van der Waals surface area contributed by atoms with Gasteiger partial charge in [-0.15, -0.1) is 0 Å². The van der Waals surface area contributed by atoms with Gasteiger partial charge in [0.15, 0.2) is 0 Å². The average Bonchev–Trinajstić information content (AvgIpc) is 3.25. The van der Waals surface area contributed by atoms with E-state index in [0.717, 1.165) is 5.56 Å². The fourth-order valence-electron chi connectivity index (χ4n) is 5.13. The maximum Gasteiger partial charge on any atom is 0.272 e. The molecule has 6 rings (SSSR count). The molecule has 36 heavy (non-hydrogen) atoms. The van der Waals surface area contributed by atoms with E-state index >= 15 is 0 Å². The van der Waals surface area contributed by atoms with Crippen molar-refractivity contribution in [3.05, 3.63) is 109 Å². The molecule has 0 saturated heterocycles. The molecular weight excluding hydrogens is 458 g/mol. The van der Waals surface area contributed by atoms with Crippen LogP contribution in [0.3, 0.4) is 0 Å². The van der Waals surface area contributed by atoms with Crippen molar-refractivity contribution in [3.63, 3.8) is 0 Å². The smallest absolute Gasteiger partial charge is 0.272 e. The molecule has 0 aliphatic carbocycles. The molecule has 0 spiro atoms. The third-order valence-electron chi connectivity index (χ3n) is 6.78. The maximum absolute atomic E-state index is 14.0. The number of nitro groups is 1. The molecule has 2 aliphatic heterocycles. The van der Waals surface area contributed by atoms with E-state index in [9.17, 15) is 19.7 Å². The molecule has 0 bridgehead atoms. The van der Waals surface area contributed by atoms with E-state index in [1.54, 1.807) is 24.0 Å². The number of aliphatic imine (C=N–C) groups is 1. The molecule has 9 heteroatoms. The number of non-ortho nitro benzene ring substituents is 1. The first-order chi connectivity index (χ1) is 17.3. The summed E-state index contributed by atoms with van der Waals surface area (Å²) in [5, 5.41) is 12.1. The molecule has 1 unspecified atom stereocenters. The molecule has 0 radical (unpaired) electrons. The van der Waals surface area contributed by atoms with Gasteiger partial charge in [-0.3, -0.25) is 24.3 Å². The number of rotatable bonds is 3. The van der Waals surface area contributed by atoms with Crippen molar-refractivity contribution in [2.24, 2.45) is 4.99 Å². The monoisotopic (exact) mass is 479 g/mol. The lowest BCUT2D eigenvalue weighted by Crippen LogP contribution is -2.39. The Hall–Kier alpha value is -4.66. The Morgan fingerprint density at radius 2 is 1.81 bits per heavy atom. The average molecular weight is 479 g/mol. The fraction of sp³-hybridized carbons (Fsp3) is 0.185. The summed E-state index contributed by atoms with van der Waals surface area (Å²) in [6.45, 7) is 3.93. The van der Waals surface area contributed by atoms with E-state index in [2.05, 4.69) is 4.98 Å². The fourth-order valence-corrected chi connectivity index (χ4v) is 5.13. The second-order valence-electron chi connectivity index (χ2n) is 9.07. The van der Waals surface area contributed by atoms with Crippen LogP contribution in [-0.4, -0.2) is 32.6 Å². The zero-order valence-electron chi connectivity index (χ0n) is 19.6. The minimum atomic E-state index is -1.21. The van der Waals surface area contributed by atoms with Crippen LogP contribution in [0.5, 0.6) is 0 Å². The van der Waals surface area contributed by atoms with Gasteiger partial charge in [0, 0.05) is 29.8 Å². The molecule has 1 amide bonds. The molecule has 0 N–H and O–H groups in total. The number of aromatic nitrogens is 2. The number of nitrogens with zero attached hydrogens (tertiary/aromatic N) is 5. The Morgan fingerprint density at radius 3 is 2.56 bits per heavy atom. The predicted octanol–water partition coefficient (Wildman–Crippen LogP) is 3.86. The highest BCUT2D eigenvalue weighted by molar-refractivity contribution is 6.21. The maximum atomic E-state index is 14.0. The highest BCUT2D eigenvalue weighted by Crippen LogP contribution is 2.40. The van der Waals surface area contributed by atoms with Gasteiger partial charge < -0.3 is 4.90 Å². The van der Waals surface area contributed by atoms with Gasteiger partial charge in [-0.25, -0.2) is 9.98 Å². The van der Waals surface area contributed by atoms with Crippen LogP contribution in [0, 0.1) is 24.0 Å². The Bertz CT molecular complexity index is 1690. The number of aryl methyl sites for hydroxylation is 2. The summed E-state index contributed by atoms with van der Waals surface area (Å²) in [6.07, 6.45) is -0.726. The number of amides is 1. The van der Waals surface area contributed by atoms with Crippen molar-refractivity contribution >= 4 is 33.9 Å². The van der Waals surface area contributed by atoms with Gasteiger partial charge in [0.1, 0.15) is 5.82 Å². The molecule has 9 nitrogen and oxygen atoms in total. The minimum absolute atomic E-state index is 0.0590. The molecule has 3 aromatic carbocycles. The van der Waals surface area contributed by atoms with Gasteiger partial charge >= 0.3 is 0 Å². The third-order valence-corrected chi connectivity index (χ3v) is 6.78. The predicted molar refractivity (Wildman–Crippen MR) is 136 cm³/mol. The van der Waals surface area contributed by atoms with E-state index in [1.165, 1.54) is 16.7 Å². The summed E-state index contributed by atoms with van der Waals surface area (Å²) in [5.41, 5.74) is 4.00. The Morgan fingerprint density at radius 1 is 1.03 bits per heavy atom. The van der Waals surface area contributed by atoms with Gasteiger partial charge in [-0.2, -0.15) is 0 Å². The van der Waals surface area contributed by atoms with Crippen molar-refractivity contribution in [1.29, 1.82) is 0 Å². The number of carbonyl (C=O) groups excluding carboxylic acids is 1. The number of carbonyl (C=O) groups is 1. The van der Waals surface area contributed by atoms with E-state index in [0.29, 0.717) is 57.8 Å². The second-order valence-corrected chi connectivity index (χ2v) is 9.07. The largest absolute Gasteiger partial charge is 0.308 e. The molecule has 0 saturated carbocycles.